The van der Waals surface area contributed by atoms with E-state index in [1.54, 1.807) is 33.9 Å². The second-order valence-corrected chi connectivity index (χ2v) is 11.9. The molecule has 1 aromatic carbocycles. The second-order valence-electron chi connectivity index (χ2n) is 11.9. The molecule has 43 heavy (non-hydrogen) atoms. The summed E-state index contributed by atoms with van der Waals surface area (Å²) in [5, 5.41) is 4.12. The van der Waals surface area contributed by atoms with Crippen LogP contribution < -0.4 is 4.90 Å². The van der Waals surface area contributed by atoms with Gasteiger partial charge in [0.2, 0.25) is 5.95 Å². The lowest BCUT2D eigenvalue weighted by atomic mass is 9.99. The Balaban J connectivity index is 1.71. The van der Waals surface area contributed by atoms with Gasteiger partial charge in [-0.1, -0.05) is 27.7 Å². The van der Waals surface area contributed by atoms with Crippen LogP contribution in [-0.2, 0) is 30.7 Å². The first-order chi connectivity index (χ1) is 19.9. The van der Waals surface area contributed by atoms with Crippen LogP contribution in [0.5, 0.6) is 0 Å². The van der Waals surface area contributed by atoms with E-state index >= 15 is 0 Å². The van der Waals surface area contributed by atoms with Crippen LogP contribution in [-0.4, -0.2) is 56.0 Å². The maximum absolute atomic E-state index is 13.6. The average molecular weight is 613 g/mol. The molecule has 8 nitrogen and oxygen atoms in total. The Morgan fingerprint density at radius 2 is 1.58 bits per heavy atom. The number of benzene rings is 1. The van der Waals surface area contributed by atoms with Crippen LogP contribution in [0.4, 0.5) is 37.1 Å². The van der Waals surface area contributed by atoms with Gasteiger partial charge < -0.3 is 14.5 Å². The number of carbonyl (C=O) groups excluding carboxylic acids is 1. The zero-order valence-corrected chi connectivity index (χ0v) is 24.5. The number of hydrogen-bond donors (Lipinski definition) is 0. The maximum Gasteiger partial charge on any atom is 0.416 e. The summed E-state index contributed by atoms with van der Waals surface area (Å²) < 4.78 is 88.9. The molecule has 2 aromatic heterocycles. The molecule has 0 spiro atoms. The zero-order valence-electron chi connectivity index (χ0n) is 24.5. The summed E-state index contributed by atoms with van der Waals surface area (Å²) in [7, 11) is 1.74. The SMILES string of the molecule is CC[C@@H]1C[C@H](N(Cc2cc(C(F)(F)F)cc(C(F)(F)F)c2)c2ncc(-c3cnn(C)c3)cn2)CN1C(=O)OCC(C)(C)C. The normalized spacial score (nSPS) is 17.8. The molecule has 0 N–H and O–H groups in total. The fraction of sp³-hybridized carbons (Fsp3) is 0.517. The quantitative estimate of drug-likeness (QED) is 0.269. The van der Waals surface area contributed by atoms with Crippen molar-refractivity contribution in [1.82, 2.24) is 24.6 Å². The number of amides is 1. The summed E-state index contributed by atoms with van der Waals surface area (Å²) in [5.74, 6) is 0.100. The van der Waals surface area contributed by atoms with Gasteiger partial charge in [-0.2, -0.15) is 31.4 Å². The Kier molecular flexibility index (Phi) is 8.98. The first kappa shape index (κ1) is 32.1. The van der Waals surface area contributed by atoms with Crippen molar-refractivity contribution in [3.63, 3.8) is 0 Å². The van der Waals surface area contributed by atoms with E-state index in [9.17, 15) is 31.1 Å². The van der Waals surface area contributed by atoms with Crippen LogP contribution in [0, 0.1) is 5.41 Å². The summed E-state index contributed by atoms with van der Waals surface area (Å²) >= 11 is 0. The molecule has 3 heterocycles. The monoisotopic (exact) mass is 612 g/mol. The fourth-order valence-electron chi connectivity index (χ4n) is 4.95. The second kappa shape index (κ2) is 12.0. The maximum atomic E-state index is 13.6. The van der Waals surface area contributed by atoms with Crippen molar-refractivity contribution in [3.8, 4) is 11.1 Å². The lowest BCUT2D eigenvalue weighted by molar-refractivity contribution is -0.143. The molecule has 14 heteroatoms. The number of aryl methyl sites for hydroxylation is 1. The molecule has 1 aliphatic rings. The number of halogens is 6. The highest BCUT2D eigenvalue weighted by atomic mass is 19.4. The molecule has 0 aliphatic carbocycles. The third-order valence-electron chi connectivity index (χ3n) is 7.10. The van der Waals surface area contributed by atoms with Gasteiger partial charge in [-0.3, -0.25) is 4.68 Å². The Bertz CT molecular complexity index is 1380. The molecule has 4 rings (SSSR count). The highest BCUT2D eigenvalue weighted by molar-refractivity contribution is 5.69. The largest absolute Gasteiger partial charge is 0.449 e. The molecular formula is C29H34F6N6O2. The minimum absolute atomic E-state index is 0.0999. The lowest BCUT2D eigenvalue weighted by Gasteiger charge is -2.30. The summed E-state index contributed by atoms with van der Waals surface area (Å²) in [6.45, 7) is 7.60. The highest BCUT2D eigenvalue weighted by Gasteiger charge is 2.41. The molecule has 1 aliphatic heterocycles. The van der Waals surface area contributed by atoms with E-state index in [2.05, 4.69) is 15.1 Å². The van der Waals surface area contributed by atoms with Crippen molar-refractivity contribution in [2.45, 2.75) is 71.5 Å². The fourth-order valence-corrected chi connectivity index (χ4v) is 4.95. The molecule has 0 unspecified atom stereocenters. The van der Waals surface area contributed by atoms with E-state index < -0.39 is 35.6 Å². The molecule has 0 radical (unpaired) electrons. The molecule has 1 fully saturated rings. The summed E-state index contributed by atoms with van der Waals surface area (Å²) in [6.07, 6.45) is -3.16. The van der Waals surface area contributed by atoms with Crippen molar-refractivity contribution in [1.29, 1.82) is 0 Å². The topological polar surface area (TPSA) is 76.4 Å². The Labute approximate surface area is 245 Å². The third-order valence-corrected chi connectivity index (χ3v) is 7.10. The van der Waals surface area contributed by atoms with Gasteiger partial charge in [0.05, 0.1) is 30.0 Å². The van der Waals surface area contributed by atoms with Gasteiger partial charge in [0.15, 0.2) is 0 Å². The Hall–Kier alpha value is -3.84. The number of likely N-dealkylation sites (tertiary alicyclic amines) is 1. The van der Waals surface area contributed by atoms with Gasteiger partial charge in [0, 0.05) is 55.9 Å². The standard InChI is InChI=1S/C29H34F6N6O2/c1-6-23-10-24(16-41(23)26(42)43-17-27(2,3)4)40(25-36-11-19(12-37-25)20-13-38-39(5)15-20)14-18-7-21(28(30,31)32)9-22(8-18)29(33,34)35/h7-9,11-13,15,23-24H,6,10,14,16-17H2,1-5H3/t23-,24+/m1/s1. The number of aromatic nitrogens is 4. The van der Waals surface area contributed by atoms with Gasteiger partial charge in [0.1, 0.15) is 0 Å². The minimum Gasteiger partial charge on any atom is -0.449 e. The van der Waals surface area contributed by atoms with Crippen LogP contribution >= 0.6 is 0 Å². The summed E-state index contributed by atoms with van der Waals surface area (Å²) in [5.41, 5.74) is -1.95. The molecule has 1 amide bonds. The lowest BCUT2D eigenvalue weighted by Crippen LogP contribution is -2.41. The van der Waals surface area contributed by atoms with Crippen LogP contribution in [0.1, 0.15) is 57.2 Å². The Morgan fingerprint density at radius 1 is 0.977 bits per heavy atom. The molecule has 1 saturated heterocycles. The van der Waals surface area contributed by atoms with E-state index in [0.29, 0.717) is 30.5 Å². The number of alkyl halides is 6. The molecule has 2 atom stereocenters. The molecule has 234 valence electrons. The van der Waals surface area contributed by atoms with Crippen molar-refractivity contribution in [3.05, 3.63) is 59.7 Å². The van der Waals surface area contributed by atoms with Crippen LogP contribution in [0.3, 0.4) is 0 Å². The zero-order chi connectivity index (χ0) is 31.7. The average Bonchev–Trinajstić information content (AvgIpc) is 3.55. The number of hydrogen-bond acceptors (Lipinski definition) is 6. The number of ether oxygens (including phenoxy) is 1. The number of anilines is 1. The third kappa shape index (κ3) is 7.96. The predicted molar refractivity (Wildman–Crippen MR) is 147 cm³/mol. The summed E-state index contributed by atoms with van der Waals surface area (Å²) in [4.78, 5) is 25.0. The van der Waals surface area contributed by atoms with E-state index in [1.165, 1.54) is 12.4 Å². The van der Waals surface area contributed by atoms with Crippen LogP contribution in [0.15, 0.2) is 43.0 Å². The molecule has 3 aromatic rings. The van der Waals surface area contributed by atoms with Gasteiger partial charge in [-0.05, 0) is 42.0 Å². The molecular weight excluding hydrogens is 578 g/mol. The highest BCUT2D eigenvalue weighted by Crippen LogP contribution is 2.37. The number of carbonyl (C=O) groups is 1. The van der Waals surface area contributed by atoms with Gasteiger partial charge >= 0.3 is 18.4 Å². The smallest absolute Gasteiger partial charge is 0.416 e. The van der Waals surface area contributed by atoms with Crippen LogP contribution in [0.25, 0.3) is 11.1 Å². The van der Waals surface area contributed by atoms with Crippen molar-refractivity contribution in [2.75, 3.05) is 18.1 Å². The summed E-state index contributed by atoms with van der Waals surface area (Å²) in [6, 6.07) is 0.729. The molecule has 0 bridgehead atoms. The predicted octanol–water partition coefficient (Wildman–Crippen LogP) is 6.96. The number of nitrogens with zero attached hydrogens (tertiary/aromatic N) is 6. The van der Waals surface area contributed by atoms with Gasteiger partial charge in [-0.15, -0.1) is 0 Å². The number of rotatable bonds is 7. The first-order valence-electron chi connectivity index (χ1n) is 13.7. The van der Waals surface area contributed by atoms with Gasteiger partial charge in [0.25, 0.3) is 0 Å². The van der Waals surface area contributed by atoms with Crippen LogP contribution in [0.2, 0.25) is 0 Å². The van der Waals surface area contributed by atoms with E-state index in [1.807, 2.05) is 27.7 Å². The Morgan fingerprint density at radius 3 is 2.07 bits per heavy atom. The van der Waals surface area contributed by atoms with Crippen molar-refractivity contribution in [2.24, 2.45) is 12.5 Å². The van der Waals surface area contributed by atoms with E-state index in [0.717, 1.165) is 5.56 Å². The van der Waals surface area contributed by atoms with Gasteiger partial charge in [-0.25, -0.2) is 14.8 Å². The van der Waals surface area contributed by atoms with E-state index in [-0.39, 0.29) is 48.7 Å². The minimum atomic E-state index is -4.99. The molecule has 0 saturated carbocycles. The van der Waals surface area contributed by atoms with Crippen molar-refractivity contribution < 1.29 is 35.9 Å². The first-order valence-corrected chi connectivity index (χ1v) is 13.7. The van der Waals surface area contributed by atoms with E-state index in [4.69, 9.17) is 4.74 Å². The van der Waals surface area contributed by atoms with Crippen molar-refractivity contribution >= 4 is 12.0 Å².